The number of hydrogen-bond donors (Lipinski definition) is 0. The summed E-state index contributed by atoms with van der Waals surface area (Å²) in [4.78, 5) is 6.06. The third-order valence-corrected chi connectivity index (χ3v) is 8.68. The van der Waals surface area contributed by atoms with Gasteiger partial charge in [-0.25, -0.2) is 4.99 Å². The molecule has 4 nitrogen and oxygen atoms in total. The van der Waals surface area contributed by atoms with Crippen LogP contribution in [0.25, 0.3) is 0 Å². The number of nitriles is 1. The number of aliphatic imine (C=N–C) groups is 1. The molecular formula is C28H28ClIN2O2S. The van der Waals surface area contributed by atoms with E-state index in [0.29, 0.717) is 29.0 Å². The molecule has 7 heteroatoms. The predicted octanol–water partition coefficient (Wildman–Crippen LogP) is 8.37. The van der Waals surface area contributed by atoms with Crippen LogP contribution in [0.3, 0.4) is 0 Å². The van der Waals surface area contributed by atoms with Gasteiger partial charge in [-0.1, -0.05) is 44.5 Å². The van der Waals surface area contributed by atoms with E-state index >= 15 is 0 Å². The number of nitrogens with zero attached hydrogens (tertiary/aromatic N) is 2. The van der Waals surface area contributed by atoms with Crippen molar-refractivity contribution in [2.75, 3.05) is 7.11 Å². The molecule has 4 rings (SSSR count). The average molecular weight is 619 g/mol. The highest BCUT2D eigenvalue weighted by molar-refractivity contribution is 14.1. The first-order chi connectivity index (χ1) is 16.7. The van der Waals surface area contributed by atoms with Crippen molar-refractivity contribution in [3.8, 4) is 17.6 Å². The topological polar surface area (TPSA) is 54.6 Å². The molecule has 0 amide bonds. The highest BCUT2D eigenvalue weighted by Gasteiger charge is 2.32. The Morgan fingerprint density at radius 3 is 2.66 bits per heavy atom. The standard InChI is InChI=1S/C28H28ClIN2O2S/c1-28(2,3)19-7-10-21-22(14-31)27(35-25(21)13-19)32-15-18-11-23(30)26(24(12-18)33-4)34-16-17-5-8-20(29)9-6-17/h5-6,8-9,11-12,15,19H,7,10,13,16H2,1-4H3/t19-/m0/s1. The predicted molar refractivity (Wildman–Crippen MR) is 153 cm³/mol. The van der Waals surface area contributed by atoms with Gasteiger partial charge in [-0.15, -0.1) is 11.3 Å². The summed E-state index contributed by atoms with van der Waals surface area (Å²) in [5.74, 6) is 1.97. The molecule has 1 aliphatic rings. The molecule has 3 aromatic rings. The molecule has 0 spiro atoms. The summed E-state index contributed by atoms with van der Waals surface area (Å²) >= 11 is 9.89. The highest BCUT2D eigenvalue weighted by Crippen LogP contribution is 2.45. The van der Waals surface area contributed by atoms with E-state index < -0.39 is 0 Å². The molecule has 1 aliphatic carbocycles. The molecule has 0 radical (unpaired) electrons. The maximum absolute atomic E-state index is 9.85. The molecule has 1 atom stereocenters. The molecular weight excluding hydrogens is 591 g/mol. The lowest BCUT2D eigenvalue weighted by Crippen LogP contribution is -2.26. The van der Waals surface area contributed by atoms with Gasteiger partial charge in [0.2, 0.25) is 0 Å². The van der Waals surface area contributed by atoms with Crippen LogP contribution in [0.2, 0.25) is 5.02 Å². The molecule has 2 aromatic carbocycles. The van der Waals surface area contributed by atoms with E-state index in [2.05, 4.69) is 49.4 Å². The Kier molecular flexibility index (Phi) is 8.09. The SMILES string of the molecule is COc1cc(C=Nc2sc3c(c2C#N)CC[C@H](C(C)(C)C)C3)cc(I)c1OCc1ccc(Cl)cc1. The van der Waals surface area contributed by atoms with Gasteiger partial charge < -0.3 is 9.47 Å². The maximum atomic E-state index is 9.85. The Morgan fingerprint density at radius 1 is 1.26 bits per heavy atom. The summed E-state index contributed by atoms with van der Waals surface area (Å²) in [5.41, 5.74) is 4.12. The average Bonchev–Trinajstić information content (AvgIpc) is 3.19. The van der Waals surface area contributed by atoms with Gasteiger partial charge >= 0.3 is 0 Å². The van der Waals surface area contributed by atoms with E-state index in [1.807, 2.05) is 42.6 Å². The van der Waals surface area contributed by atoms with Gasteiger partial charge in [0, 0.05) is 16.1 Å². The van der Waals surface area contributed by atoms with E-state index in [-0.39, 0.29) is 5.41 Å². The summed E-state index contributed by atoms with van der Waals surface area (Å²) in [6.45, 7) is 7.33. The van der Waals surface area contributed by atoms with Crippen molar-refractivity contribution in [1.82, 2.24) is 0 Å². The second-order valence-corrected chi connectivity index (χ2v) is 12.5. The molecule has 0 unspecified atom stereocenters. The number of benzene rings is 2. The molecule has 0 saturated heterocycles. The third-order valence-electron chi connectivity index (χ3n) is 6.46. The number of rotatable bonds is 6. The van der Waals surface area contributed by atoms with E-state index in [0.717, 1.165) is 44.5 Å². The monoisotopic (exact) mass is 618 g/mol. The van der Waals surface area contributed by atoms with E-state index in [1.165, 1.54) is 10.4 Å². The van der Waals surface area contributed by atoms with Crippen molar-refractivity contribution in [2.24, 2.45) is 16.3 Å². The summed E-state index contributed by atoms with van der Waals surface area (Å²) < 4.78 is 12.6. The number of fused-ring (bicyclic) bond motifs is 1. The van der Waals surface area contributed by atoms with Crippen LogP contribution in [0.15, 0.2) is 41.4 Å². The zero-order chi connectivity index (χ0) is 25.2. The number of hydrogen-bond acceptors (Lipinski definition) is 5. The van der Waals surface area contributed by atoms with Crippen LogP contribution in [0.1, 0.15) is 54.3 Å². The van der Waals surface area contributed by atoms with Crippen molar-refractivity contribution in [3.05, 3.63) is 72.1 Å². The van der Waals surface area contributed by atoms with E-state index in [4.69, 9.17) is 26.1 Å². The highest BCUT2D eigenvalue weighted by atomic mass is 127. The van der Waals surface area contributed by atoms with Crippen LogP contribution in [0, 0.1) is 26.2 Å². The summed E-state index contributed by atoms with van der Waals surface area (Å²) in [6.07, 6.45) is 4.92. The molecule has 35 heavy (non-hydrogen) atoms. The lowest BCUT2D eigenvalue weighted by Gasteiger charge is -2.33. The molecule has 0 aliphatic heterocycles. The summed E-state index contributed by atoms with van der Waals surface area (Å²) in [7, 11) is 1.63. The number of methoxy groups -OCH3 is 1. The van der Waals surface area contributed by atoms with Gasteiger partial charge in [0.15, 0.2) is 11.5 Å². The van der Waals surface area contributed by atoms with Gasteiger partial charge in [0.1, 0.15) is 17.7 Å². The van der Waals surface area contributed by atoms with E-state index in [1.54, 1.807) is 18.4 Å². The first-order valence-corrected chi connectivity index (χ1v) is 13.8. The normalized spacial score (nSPS) is 15.6. The van der Waals surface area contributed by atoms with Crippen LogP contribution in [0.5, 0.6) is 11.5 Å². The van der Waals surface area contributed by atoms with Crippen LogP contribution < -0.4 is 9.47 Å². The fourth-order valence-corrected chi connectivity index (χ4v) is 6.47. The maximum Gasteiger partial charge on any atom is 0.174 e. The molecule has 182 valence electrons. The molecule has 0 bridgehead atoms. The van der Waals surface area contributed by atoms with Gasteiger partial charge in [-0.05, 0) is 94.1 Å². The van der Waals surface area contributed by atoms with Crippen molar-refractivity contribution in [2.45, 2.75) is 46.6 Å². The van der Waals surface area contributed by atoms with Gasteiger partial charge in [0.05, 0.1) is 16.2 Å². The number of halogens is 2. The number of ether oxygens (including phenoxy) is 2. The quantitative estimate of drug-likeness (QED) is 0.206. The number of thiophene rings is 1. The zero-order valence-electron chi connectivity index (χ0n) is 20.3. The third kappa shape index (κ3) is 6.02. The Morgan fingerprint density at radius 2 is 2.00 bits per heavy atom. The van der Waals surface area contributed by atoms with Crippen molar-refractivity contribution in [1.29, 1.82) is 5.26 Å². The van der Waals surface area contributed by atoms with Crippen molar-refractivity contribution < 1.29 is 9.47 Å². The Balaban J connectivity index is 1.55. The lowest BCUT2D eigenvalue weighted by atomic mass is 9.72. The minimum absolute atomic E-state index is 0.266. The summed E-state index contributed by atoms with van der Waals surface area (Å²) in [6, 6.07) is 13.9. The minimum Gasteiger partial charge on any atom is -0.493 e. The zero-order valence-corrected chi connectivity index (χ0v) is 24.1. The fourth-order valence-electron chi connectivity index (χ4n) is 4.34. The molecule has 0 fully saturated rings. The van der Waals surface area contributed by atoms with Crippen molar-refractivity contribution in [3.63, 3.8) is 0 Å². The fraction of sp³-hybridized carbons (Fsp3) is 0.357. The molecule has 1 heterocycles. The first kappa shape index (κ1) is 26.0. The Bertz CT molecular complexity index is 1290. The second kappa shape index (κ2) is 10.9. The van der Waals surface area contributed by atoms with Gasteiger partial charge in [-0.2, -0.15) is 5.26 Å². The lowest BCUT2D eigenvalue weighted by molar-refractivity contribution is 0.218. The van der Waals surface area contributed by atoms with Gasteiger partial charge in [-0.3, -0.25) is 0 Å². The summed E-state index contributed by atoms with van der Waals surface area (Å²) in [5, 5.41) is 11.3. The molecule has 1 aromatic heterocycles. The largest absolute Gasteiger partial charge is 0.493 e. The Labute approximate surface area is 230 Å². The van der Waals surface area contributed by atoms with Crippen LogP contribution >= 0.6 is 45.5 Å². The first-order valence-electron chi connectivity index (χ1n) is 11.5. The van der Waals surface area contributed by atoms with Crippen molar-refractivity contribution >= 4 is 56.7 Å². The smallest absolute Gasteiger partial charge is 0.174 e. The second-order valence-electron chi connectivity index (χ2n) is 9.81. The molecule has 0 saturated carbocycles. The van der Waals surface area contributed by atoms with Crippen LogP contribution in [0.4, 0.5) is 5.00 Å². The molecule has 0 N–H and O–H groups in total. The van der Waals surface area contributed by atoms with E-state index in [9.17, 15) is 5.26 Å². The van der Waals surface area contributed by atoms with Gasteiger partial charge in [0.25, 0.3) is 0 Å². The minimum atomic E-state index is 0.266. The van der Waals surface area contributed by atoms with Crippen LogP contribution in [-0.2, 0) is 19.4 Å². The Hall–Kier alpha value is -2.08. The van der Waals surface area contributed by atoms with Crippen LogP contribution in [-0.4, -0.2) is 13.3 Å².